The Labute approximate surface area is 91.7 Å². The highest BCUT2D eigenvalue weighted by Crippen LogP contribution is 2.38. The van der Waals surface area contributed by atoms with Crippen LogP contribution in [-0.2, 0) is 9.31 Å². The molecule has 2 heterocycles. The summed E-state index contributed by atoms with van der Waals surface area (Å²) < 4.78 is 11.9. The Bertz CT molecular complexity index is 286. The van der Waals surface area contributed by atoms with E-state index in [0.717, 1.165) is 12.0 Å². The van der Waals surface area contributed by atoms with Crippen molar-refractivity contribution in [3.63, 3.8) is 0 Å². The lowest BCUT2D eigenvalue weighted by atomic mass is 9.79. The highest BCUT2D eigenvalue weighted by molar-refractivity contribution is 6.54. The molecule has 0 aromatic heterocycles. The molecule has 0 radical (unpaired) electrons. The summed E-state index contributed by atoms with van der Waals surface area (Å²) in [5, 5.41) is 2.00. The predicted molar refractivity (Wildman–Crippen MR) is 59.9 cm³/mol. The van der Waals surface area contributed by atoms with Crippen LogP contribution in [0.1, 0.15) is 27.7 Å². The fourth-order valence-corrected chi connectivity index (χ4v) is 1.70. The molecule has 0 aromatic rings. The van der Waals surface area contributed by atoms with Crippen molar-refractivity contribution in [3.8, 4) is 0 Å². The molecular weight excluding hydrogens is 191 g/mol. The first kappa shape index (κ1) is 11.0. The molecule has 0 aromatic carbocycles. The minimum absolute atomic E-state index is 0.215. The monoisotopic (exact) mass is 210 g/mol. The Morgan fingerprint density at radius 2 is 1.80 bits per heavy atom. The zero-order valence-electron chi connectivity index (χ0n) is 10.1. The van der Waals surface area contributed by atoms with E-state index in [2.05, 4.69) is 33.1 Å². The molecule has 0 spiro atoms. The summed E-state index contributed by atoms with van der Waals surface area (Å²) in [6.07, 6.45) is 1.96. The van der Waals surface area contributed by atoms with Gasteiger partial charge in [-0.2, -0.15) is 0 Å². The molecule has 1 N–H and O–H groups in total. The van der Waals surface area contributed by atoms with Crippen molar-refractivity contribution >= 4 is 7.12 Å². The van der Waals surface area contributed by atoms with Crippen molar-refractivity contribution in [2.45, 2.75) is 38.9 Å². The molecule has 2 aliphatic rings. The van der Waals surface area contributed by atoms with Gasteiger partial charge in [0.05, 0.1) is 11.2 Å². The molecule has 1 fully saturated rings. The Hall–Kier alpha value is -0.515. The van der Waals surface area contributed by atoms with Crippen LogP contribution in [0.2, 0.25) is 0 Å². The Kier molecular flexibility index (Phi) is 2.37. The number of hydrogen-bond acceptors (Lipinski definition) is 4. The number of likely N-dealkylation sites (N-methyl/N-ethyl adjacent to an activating group) is 1. The van der Waals surface area contributed by atoms with Gasteiger partial charge in [-0.1, -0.05) is 0 Å². The predicted octanol–water partition coefficient (Wildman–Crippen LogP) is 0.952. The largest absolute Gasteiger partial charge is 0.493 e. The van der Waals surface area contributed by atoms with Crippen molar-refractivity contribution in [2.75, 3.05) is 13.6 Å². The van der Waals surface area contributed by atoms with Gasteiger partial charge in [0.15, 0.2) is 0 Å². The Morgan fingerprint density at radius 1 is 1.27 bits per heavy atom. The van der Waals surface area contributed by atoms with Crippen molar-refractivity contribution in [2.24, 2.45) is 0 Å². The van der Waals surface area contributed by atoms with Crippen LogP contribution in [0, 0.1) is 0 Å². The molecule has 5 heteroatoms. The summed E-state index contributed by atoms with van der Waals surface area (Å²) in [5.41, 5.74) is 3.76. The Balaban J connectivity index is 2.10. The molecule has 0 unspecified atom stereocenters. The summed E-state index contributed by atoms with van der Waals surface area (Å²) in [6, 6.07) is 0. The molecule has 0 bridgehead atoms. The molecule has 1 saturated heterocycles. The molecule has 2 aliphatic heterocycles. The first-order valence-electron chi connectivity index (χ1n) is 5.34. The van der Waals surface area contributed by atoms with Crippen LogP contribution < -0.4 is 5.43 Å². The van der Waals surface area contributed by atoms with Crippen molar-refractivity contribution in [1.29, 1.82) is 0 Å². The smallest absolute Gasteiger partial charge is 0.399 e. The van der Waals surface area contributed by atoms with E-state index in [-0.39, 0.29) is 18.3 Å². The second-order valence-corrected chi connectivity index (χ2v) is 5.29. The molecule has 0 aliphatic carbocycles. The van der Waals surface area contributed by atoms with E-state index in [1.165, 1.54) is 0 Å². The van der Waals surface area contributed by atoms with E-state index >= 15 is 0 Å². The Morgan fingerprint density at radius 3 is 2.20 bits per heavy atom. The molecule has 0 atom stereocenters. The van der Waals surface area contributed by atoms with E-state index in [1.54, 1.807) is 0 Å². The summed E-state index contributed by atoms with van der Waals surface area (Å²) in [5.74, 6) is 0. The van der Waals surface area contributed by atoms with Crippen molar-refractivity contribution < 1.29 is 9.31 Å². The first-order valence-corrected chi connectivity index (χ1v) is 5.34. The molecule has 2 rings (SSSR count). The highest BCUT2D eigenvalue weighted by atomic mass is 16.7. The zero-order chi connectivity index (χ0) is 11.3. The molecule has 0 saturated carbocycles. The van der Waals surface area contributed by atoms with Gasteiger partial charge < -0.3 is 14.7 Å². The maximum atomic E-state index is 5.94. The quantitative estimate of drug-likeness (QED) is 0.653. The summed E-state index contributed by atoms with van der Waals surface area (Å²) in [4.78, 5) is 0. The van der Waals surface area contributed by atoms with Crippen LogP contribution in [0.4, 0.5) is 0 Å². The SMILES string of the molecule is CN1CC(B2OC(C)(C)C(C)(C)O2)=CN1. The van der Waals surface area contributed by atoms with Crippen LogP contribution in [0.3, 0.4) is 0 Å². The minimum Gasteiger partial charge on any atom is -0.399 e. The lowest BCUT2D eigenvalue weighted by molar-refractivity contribution is 0.00578. The third-order valence-electron chi connectivity index (χ3n) is 3.45. The van der Waals surface area contributed by atoms with E-state index in [9.17, 15) is 0 Å². The van der Waals surface area contributed by atoms with Crippen molar-refractivity contribution in [3.05, 3.63) is 11.7 Å². The summed E-state index contributed by atoms with van der Waals surface area (Å²) >= 11 is 0. The van der Waals surface area contributed by atoms with Gasteiger partial charge in [0, 0.05) is 19.8 Å². The third-order valence-corrected chi connectivity index (χ3v) is 3.45. The maximum Gasteiger partial charge on any atom is 0.493 e. The number of hydrogen-bond donors (Lipinski definition) is 1. The van der Waals surface area contributed by atoms with Crippen LogP contribution in [-0.4, -0.2) is 36.9 Å². The minimum atomic E-state index is -0.250. The second kappa shape index (κ2) is 3.24. The van der Waals surface area contributed by atoms with Crippen LogP contribution in [0.5, 0.6) is 0 Å². The van der Waals surface area contributed by atoms with Gasteiger partial charge in [-0.25, -0.2) is 5.01 Å². The average Bonchev–Trinajstić information content (AvgIpc) is 2.56. The number of rotatable bonds is 1. The van der Waals surface area contributed by atoms with Crippen LogP contribution in [0.15, 0.2) is 11.7 Å². The number of hydrazine groups is 1. The first-order chi connectivity index (χ1) is 6.82. The third kappa shape index (κ3) is 1.79. The van der Waals surface area contributed by atoms with Gasteiger partial charge in [-0.3, -0.25) is 0 Å². The molecule has 15 heavy (non-hydrogen) atoms. The number of nitrogens with one attached hydrogen (secondary N) is 1. The van der Waals surface area contributed by atoms with Gasteiger partial charge in [-0.15, -0.1) is 0 Å². The number of nitrogens with zero attached hydrogens (tertiary/aromatic N) is 1. The average molecular weight is 210 g/mol. The highest BCUT2D eigenvalue weighted by Gasteiger charge is 2.52. The second-order valence-electron chi connectivity index (χ2n) is 5.29. The fraction of sp³-hybridized carbons (Fsp3) is 0.800. The molecule has 0 amide bonds. The fourth-order valence-electron chi connectivity index (χ4n) is 1.70. The van der Waals surface area contributed by atoms with Gasteiger partial charge in [-0.05, 0) is 33.2 Å². The van der Waals surface area contributed by atoms with Gasteiger partial charge in [0.1, 0.15) is 0 Å². The molecule has 84 valence electrons. The summed E-state index contributed by atoms with van der Waals surface area (Å²) in [7, 11) is 1.78. The van der Waals surface area contributed by atoms with Gasteiger partial charge in [0.25, 0.3) is 0 Å². The normalized spacial score (nSPS) is 29.1. The zero-order valence-corrected chi connectivity index (χ0v) is 10.1. The van der Waals surface area contributed by atoms with Crippen LogP contribution >= 0.6 is 0 Å². The maximum absolute atomic E-state index is 5.94. The summed E-state index contributed by atoms with van der Waals surface area (Å²) in [6.45, 7) is 9.12. The van der Waals surface area contributed by atoms with E-state index in [1.807, 2.05) is 18.3 Å². The van der Waals surface area contributed by atoms with Gasteiger partial charge >= 0.3 is 7.12 Å². The lowest BCUT2D eigenvalue weighted by Crippen LogP contribution is -2.41. The van der Waals surface area contributed by atoms with Crippen molar-refractivity contribution in [1.82, 2.24) is 10.4 Å². The van der Waals surface area contributed by atoms with Gasteiger partial charge in [0.2, 0.25) is 0 Å². The lowest BCUT2D eigenvalue weighted by Gasteiger charge is -2.32. The van der Waals surface area contributed by atoms with E-state index in [4.69, 9.17) is 9.31 Å². The van der Waals surface area contributed by atoms with E-state index < -0.39 is 0 Å². The van der Waals surface area contributed by atoms with E-state index in [0.29, 0.717) is 0 Å². The standard InChI is InChI=1S/C10H19BN2O2/c1-9(2)10(3,4)15-11(14-9)8-6-12-13(5)7-8/h6,12H,7H2,1-5H3. The topological polar surface area (TPSA) is 33.7 Å². The molecule has 4 nitrogen and oxygen atoms in total. The molecular formula is C10H19BN2O2. The van der Waals surface area contributed by atoms with Crippen LogP contribution in [0.25, 0.3) is 0 Å².